The number of rotatable bonds is 5. The fourth-order valence-corrected chi connectivity index (χ4v) is 11.4. The highest BCUT2D eigenvalue weighted by atomic mass is 16.3. The van der Waals surface area contributed by atoms with E-state index >= 15 is 0 Å². The van der Waals surface area contributed by atoms with Gasteiger partial charge in [0.1, 0.15) is 22.3 Å². The second-order valence-electron chi connectivity index (χ2n) is 18.9. The van der Waals surface area contributed by atoms with Gasteiger partial charge in [-0.05, 0) is 102 Å². The van der Waals surface area contributed by atoms with E-state index in [1.165, 1.54) is 37.8 Å². The second-order valence-corrected chi connectivity index (χ2v) is 18.9. The van der Waals surface area contributed by atoms with Crippen LogP contribution in [0.25, 0.3) is 115 Å². The SMILES string of the molecule is CC1C/C=C(c2cc3c(cc2-n2c4ccccc4c4cc5ccccc5cc42)oc2ccccc23)/N=C(c2ccc3oc4ccccc4c3c2)\N=C/1c1ccc2c3ccccc3n(-c3ccccc3)c2c1. The van der Waals surface area contributed by atoms with E-state index < -0.39 is 0 Å². The van der Waals surface area contributed by atoms with Gasteiger partial charge in [0, 0.05) is 71.9 Å². The molecule has 1 aliphatic heterocycles. The van der Waals surface area contributed by atoms with Crippen LogP contribution < -0.4 is 0 Å². The molecule has 0 saturated carbocycles. The number of furan rings is 2. The van der Waals surface area contributed by atoms with Crippen LogP contribution in [0, 0.1) is 5.92 Å². The third-order valence-corrected chi connectivity index (χ3v) is 14.8. The van der Waals surface area contributed by atoms with Gasteiger partial charge in [0.05, 0.1) is 39.2 Å². The molecule has 0 N–H and O–H groups in total. The summed E-state index contributed by atoms with van der Waals surface area (Å²) in [5, 5.41) is 11.4. The first-order valence-electron chi connectivity index (χ1n) is 24.4. The lowest BCUT2D eigenvalue weighted by Gasteiger charge is -2.20. The molecule has 5 heterocycles. The lowest BCUT2D eigenvalue weighted by molar-refractivity contribution is 0.668. The molecule has 14 aromatic rings. The first-order valence-corrected chi connectivity index (χ1v) is 24.4. The quantitative estimate of drug-likeness (QED) is 0.173. The van der Waals surface area contributed by atoms with Gasteiger partial charge in [-0.1, -0.05) is 140 Å². The molecular formula is C65H42N4O2. The molecule has 0 bridgehead atoms. The Kier molecular flexibility index (Phi) is 8.60. The molecule has 334 valence electrons. The molecule has 0 spiro atoms. The van der Waals surface area contributed by atoms with Crippen molar-refractivity contribution in [2.45, 2.75) is 13.3 Å². The van der Waals surface area contributed by atoms with Crippen LogP contribution in [0.4, 0.5) is 0 Å². The molecule has 6 heteroatoms. The number of aromatic nitrogens is 2. The van der Waals surface area contributed by atoms with E-state index in [9.17, 15) is 0 Å². The Balaban J connectivity index is 1.00. The summed E-state index contributed by atoms with van der Waals surface area (Å²) < 4.78 is 17.9. The Labute approximate surface area is 407 Å². The van der Waals surface area contributed by atoms with Gasteiger partial charge in [0.2, 0.25) is 0 Å². The van der Waals surface area contributed by atoms with Gasteiger partial charge in [-0.25, -0.2) is 9.98 Å². The molecule has 1 aliphatic rings. The van der Waals surface area contributed by atoms with Crippen molar-refractivity contribution in [1.82, 2.24) is 9.13 Å². The van der Waals surface area contributed by atoms with E-state index in [-0.39, 0.29) is 5.92 Å². The minimum absolute atomic E-state index is 0.0162. The number of hydrogen-bond donors (Lipinski definition) is 0. The van der Waals surface area contributed by atoms with Crippen LogP contribution in [-0.2, 0) is 0 Å². The van der Waals surface area contributed by atoms with E-state index in [2.05, 4.69) is 216 Å². The average molecular weight is 911 g/mol. The third kappa shape index (κ3) is 6.14. The molecule has 0 radical (unpaired) electrons. The molecule has 1 unspecified atom stereocenters. The van der Waals surface area contributed by atoms with Gasteiger partial charge in [0.25, 0.3) is 0 Å². The largest absolute Gasteiger partial charge is 0.456 e. The Hall–Kier alpha value is -9.26. The lowest BCUT2D eigenvalue weighted by atomic mass is 9.92. The molecule has 0 aliphatic carbocycles. The second kappa shape index (κ2) is 15.4. The maximum absolute atomic E-state index is 6.70. The number of hydrogen-bond acceptors (Lipinski definition) is 4. The normalized spacial score (nSPS) is 16.8. The summed E-state index contributed by atoms with van der Waals surface area (Å²) in [5.41, 5.74) is 14.8. The summed E-state index contributed by atoms with van der Waals surface area (Å²) in [5.74, 6) is 0.646. The molecule has 0 fully saturated rings. The van der Waals surface area contributed by atoms with Crippen LogP contribution in [0.5, 0.6) is 0 Å². The number of fused-ring (bicyclic) bond motifs is 13. The predicted molar refractivity (Wildman–Crippen MR) is 295 cm³/mol. The molecule has 0 amide bonds. The van der Waals surface area contributed by atoms with Crippen LogP contribution >= 0.6 is 0 Å². The third-order valence-electron chi connectivity index (χ3n) is 14.8. The number of para-hydroxylation sites is 5. The highest BCUT2D eigenvalue weighted by Gasteiger charge is 2.25. The standard InChI is InChI=1S/C65H42N4O2/c1-39-27-31-54(53-37-52-49-22-10-14-26-61(49)71-63(52)38-59(53)69-56-24-12-8-20-46(56)50-33-40-15-5-6-16-41(40)35-58(50)69)66-65(43-29-32-62-51(34-43)48-21-9-13-25-60(48)70-62)67-64(39)42-28-30-47-45-19-7-11-23-55(45)68(57(47)36-42)44-17-3-2-4-18-44/h2-26,28-39H,27H2,1H3/b54-31+,66-65-,67-64+. The monoisotopic (exact) mass is 910 g/mol. The van der Waals surface area contributed by atoms with Crippen LogP contribution in [0.3, 0.4) is 0 Å². The number of allylic oxidation sites excluding steroid dienone is 1. The smallest absolute Gasteiger partial charge is 0.160 e. The number of amidine groups is 1. The van der Waals surface area contributed by atoms with Crippen LogP contribution in [0.1, 0.15) is 30.0 Å². The van der Waals surface area contributed by atoms with Crippen LogP contribution in [0.15, 0.2) is 237 Å². The van der Waals surface area contributed by atoms with Crippen LogP contribution in [0.2, 0.25) is 0 Å². The zero-order valence-electron chi connectivity index (χ0n) is 38.7. The molecule has 15 rings (SSSR count). The van der Waals surface area contributed by atoms with Crippen molar-refractivity contribution < 1.29 is 8.83 Å². The van der Waals surface area contributed by atoms with E-state index in [1.807, 2.05) is 18.2 Å². The van der Waals surface area contributed by atoms with Gasteiger partial charge in [-0.2, -0.15) is 0 Å². The maximum atomic E-state index is 6.70. The topological polar surface area (TPSA) is 60.9 Å². The van der Waals surface area contributed by atoms with Crippen molar-refractivity contribution in [2.24, 2.45) is 15.9 Å². The summed E-state index contributed by atoms with van der Waals surface area (Å²) in [6.07, 6.45) is 3.04. The minimum Gasteiger partial charge on any atom is -0.456 e. The Morgan fingerprint density at radius 1 is 0.408 bits per heavy atom. The van der Waals surface area contributed by atoms with E-state index in [1.54, 1.807) is 0 Å². The summed E-state index contributed by atoms with van der Waals surface area (Å²) in [6, 6.07) is 75.6. The molecule has 6 nitrogen and oxygen atoms in total. The average Bonchev–Trinajstić information content (AvgIpc) is 4.16. The summed E-state index contributed by atoms with van der Waals surface area (Å²) in [4.78, 5) is 11.5. The van der Waals surface area contributed by atoms with Gasteiger partial charge in [0.15, 0.2) is 5.84 Å². The summed E-state index contributed by atoms with van der Waals surface area (Å²) >= 11 is 0. The first-order chi connectivity index (χ1) is 35.1. The molecule has 4 aromatic heterocycles. The summed E-state index contributed by atoms with van der Waals surface area (Å²) in [6.45, 7) is 2.30. The fourth-order valence-electron chi connectivity index (χ4n) is 11.4. The van der Waals surface area contributed by atoms with Crippen molar-refractivity contribution in [3.8, 4) is 11.4 Å². The van der Waals surface area contributed by atoms with Crippen molar-refractivity contribution in [3.05, 3.63) is 235 Å². The molecule has 10 aromatic carbocycles. The van der Waals surface area contributed by atoms with Crippen LogP contribution in [-0.4, -0.2) is 20.7 Å². The number of aliphatic imine (C=N–C) groups is 2. The zero-order chi connectivity index (χ0) is 46.7. The van der Waals surface area contributed by atoms with E-state index in [0.29, 0.717) is 12.3 Å². The maximum Gasteiger partial charge on any atom is 0.160 e. The molecule has 1 atom stereocenters. The molecule has 0 saturated heterocycles. The summed E-state index contributed by atoms with van der Waals surface area (Å²) in [7, 11) is 0. The van der Waals surface area contributed by atoms with Crippen molar-refractivity contribution in [1.29, 1.82) is 0 Å². The zero-order valence-corrected chi connectivity index (χ0v) is 38.7. The Bertz CT molecular complexity index is 4630. The number of benzene rings is 10. The first kappa shape index (κ1) is 39.7. The number of nitrogens with zero attached hydrogens (tertiary/aromatic N) is 4. The van der Waals surface area contributed by atoms with Crippen molar-refractivity contribution in [2.75, 3.05) is 0 Å². The Morgan fingerprint density at radius 2 is 0.986 bits per heavy atom. The highest BCUT2D eigenvalue weighted by Crippen LogP contribution is 2.42. The van der Waals surface area contributed by atoms with E-state index in [0.717, 1.165) is 99.9 Å². The predicted octanol–water partition coefficient (Wildman–Crippen LogP) is 17.1. The highest BCUT2D eigenvalue weighted by molar-refractivity contribution is 6.20. The van der Waals surface area contributed by atoms with Crippen molar-refractivity contribution >= 4 is 116 Å². The lowest BCUT2D eigenvalue weighted by Crippen LogP contribution is -2.17. The van der Waals surface area contributed by atoms with Gasteiger partial charge in [-0.3, -0.25) is 0 Å². The van der Waals surface area contributed by atoms with E-state index in [4.69, 9.17) is 18.8 Å². The van der Waals surface area contributed by atoms with Gasteiger partial charge < -0.3 is 18.0 Å². The van der Waals surface area contributed by atoms with Gasteiger partial charge in [-0.15, -0.1) is 0 Å². The van der Waals surface area contributed by atoms with Crippen molar-refractivity contribution in [3.63, 3.8) is 0 Å². The fraction of sp³-hybridized carbons (Fsp3) is 0.0462. The molecule has 71 heavy (non-hydrogen) atoms. The Morgan fingerprint density at radius 3 is 1.76 bits per heavy atom. The molecular weight excluding hydrogens is 869 g/mol. The minimum atomic E-state index is 0.0162. The van der Waals surface area contributed by atoms with Gasteiger partial charge >= 0.3 is 0 Å².